The monoisotopic (exact) mass is 334 g/mol. The van der Waals surface area contributed by atoms with Crippen LogP contribution in [0, 0.1) is 5.92 Å². The highest BCUT2D eigenvalue weighted by atomic mass is 32.2. The van der Waals surface area contributed by atoms with Gasteiger partial charge in [-0.25, -0.2) is 9.59 Å². The molecular formula is C14H26N2O5S. The first-order chi connectivity index (χ1) is 9.97. The van der Waals surface area contributed by atoms with Gasteiger partial charge in [0.05, 0.1) is 0 Å². The van der Waals surface area contributed by atoms with Crippen LogP contribution in [-0.4, -0.2) is 45.8 Å². The molecule has 0 rings (SSSR count). The lowest BCUT2D eigenvalue weighted by Crippen LogP contribution is -2.53. The number of carbonyl (C=O) groups excluding carboxylic acids is 2. The first kappa shape index (κ1) is 20.6. The van der Waals surface area contributed by atoms with Crippen LogP contribution in [0.15, 0.2) is 0 Å². The zero-order valence-electron chi connectivity index (χ0n) is 13.9. The zero-order chi connectivity index (χ0) is 17.5. The molecule has 0 aromatic heterocycles. The summed E-state index contributed by atoms with van der Waals surface area (Å²) in [7, 11) is 0. The standard InChI is InChI=1S/C14H26N2O5S/c1-7-22-11(12(18)19)16-10(17)9(8(2)3)15-13(20)21-14(4,5)6/h8-9,11H,7H2,1-6H3,(H,15,20)(H,16,17)(H,18,19)/t9-,11?/m0/s1. The van der Waals surface area contributed by atoms with Crippen molar-refractivity contribution in [1.29, 1.82) is 0 Å². The van der Waals surface area contributed by atoms with Crippen LogP contribution in [-0.2, 0) is 14.3 Å². The van der Waals surface area contributed by atoms with Crippen molar-refractivity contribution in [2.75, 3.05) is 5.75 Å². The van der Waals surface area contributed by atoms with E-state index in [0.717, 1.165) is 11.8 Å². The van der Waals surface area contributed by atoms with Crippen molar-refractivity contribution in [2.24, 2.45) is 5.92 Å². The number of amides is 2. The maximum atomic E-state index is 12.2. The maximum Gasteiger partial charge on any atom is 0.408 e. The van der Waals surface area contributed by atoms with Gasteiger partial charge < -0.3 is 20.5 Å². The van der Waals surface area contributed by atoms with Crippen LogP contribution >= 0.6 is 11.8 Å². The minimum absolute atomic E-state index is 0.214. The fourth-order valence-corrected chi connectivity index (χ4v) is 2.21. The number of hydrogen-bond donors (Lipinski definition) is 3. The van der Waals surface area contributed by atoms with Gasteiger partial charge in [-0.3, -0.25) is 4.79 Å². The highest BCUT2D eigenvalue weighted by Gasteiger charge is 2.30. The van der Waals surface area contributed by atoms with Crippen molar-refractivity contribution >= 4 is 29.7 Å². The second kappa shape index (κ2) is 8.87. The van der Waals surface area contributed by atoms with Crippen molar-refractivity contribution in [3.8, 4) is 0 Å². The number of ether oxygens (including phenoxy) is 1. The molecule has 0 aromatic carbocycles. The summed E-state index contributed by atoms with van der Waals surface area (Å²) in [5, 5.41) is 12.9. The topological polar surface area (TPSA) is 105 Å². The van der Waals surface area contributed by atoms with E-state index in [9.17, 15) is 14.4 Å². The minimum Gasteiger partial charge on any atom is -0.479 e. The summed E-state index contributed by atoms with van der Waals surface area (Å²) in [6.07, 6.45) is -0.712. The summed E-state index contributed by atoms with van der Waals surface area (Å²) in [4.78, 5) is 35.1. The number of carbonyl (C=O) groups is 3. The molecule has 0 aliphatic heterocycles. The molecule has 0 aliphatic carbocycles. The highest BCUT2D eigenvalue weighted by molar-refractivity contribution is 8.00. The van der Waals surface area contributed by atoms with E-state index < -0.39 is 35.0 Å². The summed E-state index contributed by atoms with van der Waals surface area (Å²) >= 11 is 1.10. The van der Waals surface area contributed by atoms with Gasteiger partial charge in [0.2, 0.25) is 5.91 Å². The van der Waals surface area contributed by atoms with E-state index in [1.807, 2.05) is 0 Å². The maximum absolute atomic E-state index is 12.2. The molecule has 2 atom stereocenters. The molecule has 0 saturated heterocycles. The van der Waals surface area contributed by atoms with Crippen LogP contribution in [0.1, 0.15) is 41.5 Å². The third-order valence-corrected chi connectivity index (χ3v) is 3.44. The van der Waals surface area contributed by atoms with Gasteiger partial charge >= 0.3 is 12.1 Å². The van der Waals surface area contributed by atoms with Crippen LogP contribution in [0.4, 0.5) is 4.79 Å². The second-order valence-electron chi connectivity index (χ2n) is 6.05. The van der Waals surface area contributed by atoms with E-state index >= 15 is 0 Å². The molecule has 0 aliphatic rings. The van der Waals surface area contributed by atoms with Crippen molar-refractivity contribution in [1.82, 2.24) is 10.6 Å². The summed E-state index contributed by atoms with van der Waals surface area (Å²) in [6.45, 7) is 10.5. The molecule has 0 spiro atoms. The van der Waals surface area contributed by atoms with E-state index in [1.54, 1.807) is 41.5 Å². The SMILES string of the molecule is CCSC(NC(=O)[C@@H](NC(=O)OC(C)(C)C)C(C)C)C(=O)O. The summed E-state index contributed by atoms with van der Waals surface area (Å²) in [5.41, 5.74) is -0.677. The van der Waals surface area contributed by atoms with Gasteiger partial charge in [-0.2, -0.15) is 0 Å². The Morgan fingerprint density at radius 3 is 2.09 bits per heavy atom. The molecule has 0 bridgehead atoms. The third-order valence-electron chi connectivity index (χ3n) is 2.45. The van der Waals surface area contributed by atoms with E-state index in [0.29, 0.717) is 5.75 Å². The molecule has 3 N–H and O–H groups in total. The predicted octanol–water partition coefficient (Wildman–Crippen LogP) is 1.82. The molecule has 0 fully saturated rings. The average molecular weight is 334 g/mol. The molecule has 128 valence electrons. The molecule has 1 unspecified atom stereocenters. The molecule has 0 aromatic rings. The molecule has 0 saturated carbocycles. The number of hydrogen-bond acceptors (Lipinski definition) is 5. The first-order valence-electron chi connectivity index (χ1n) is 7.12. The molecule has 22 heavy (non-hydrogen) atoms. The number of aliphatic carboxylic acids is 1. The van der Waals surface area contributed by atoms with Crippen LogP contribution in [0.25, 0.3) is 0 Å². The van der Waals surface area contributed by atoms with E-state index in [1.165, 1.54) is 0 Å². The third kappa shape index (κ3) is 8.11. The zero-order valence-corrected chi connectivity index (χ0v) is 14.7. The largest absolute Gasteiger partial charge is 0.479 e. The molecule has 2 amide bonds. The Labute approximate surface area is 135 Å². The lowest BCUT2D eigenvalue weighted by Gasteiger charge is -2.26. The molecule has 7 nitrogen and oxygen atoms in total. The normalized spacial score (nSPS) is 14.1. The fraction of sp³-hybridized carbons (Fsp3) is 0.786. The van der Waals surface area contributed by atoms with Gasteiger partial charge in [0.15, 0.2) is 5.37 Å². The average Bonchev–Trinajstić information content (AvgIpc) is 2.32. The van der Waals surface area contributed by atoms with E-state index in [-0.39, 0.29) is 5.92 Å². The van der Waals surface area contributed by atoms with Gasteiger partial charge in [-0.1, -0.05) is 20.8 Å². The summed E-state index contributed by atoms with van der Waals surface area (Å²) in [5.74, 6) is -1.34. The quantitative estimate of drug-likeness (QED) is 0.613. The summed E-state index contributed by atoms with van der Waals surface area (Å²) < 4.78 is 5.12. The number of alkyl carbamates (subject to hydrolysis) is 1. The van der Waals surface area contributed by atoms with Gasteiger partial charge in [0.1, 0.15) is 11.6 Å². The van der Waals surface area contributed by atoms with Crippen molar-refractivity contribution in [3.05, 3.63) is 0 Å². The highest BCUT2D eigenvalue weighted by Crippen LogP contribution is 2.11. The molecule has 8 heteroatoms. The van der Waals surface area contributed by atoms with Gasteiger partial charge in [-0.15, -0.1) is 11.8 Å². The minimum atomic E-state index is -1.13. The van der Waals surface area contributed by atoms with E-state index in [4.69, 9.17) is 9.84 Å². The molecular weight excluding hydrogens is 308 g/mol. The Hall–Kier alpha value is -1.44. The molecule has 0 radical (unpaired) electrons. The van der Waals surface area contributed by atoms with Crippen molar-refractivity contribution < 1.29 is 24.2 Å². The Kier molecular flexibility index (Phi) is 8.29. The summed E-state index contributed by atoms with van der Waals surface area (Å²) in [6, 6.07) is -0.867. The van der Waals surface area contributed by atoms with Crippen molar-refractivity contribution in [3.63, 3.8) is 0 Å². The number of carboxylic acids is 1. The number of rotatable bonds is 7. The fourth-order valence-electron chi connectivity index (χ4n) is 1.53. The lowest BCUT2D eigenvalue weighted by atomic mass is 10.0. The van der Waals surface area contributed by atoms with Crippen LogP contribution in [0.2, 0.25) is 0 Å². The van der Waals surface area contributed by atoms with Crippen LogP contribution in [0.3, 0.4) is 0 Å². The Bertz CT molecular complexity index is 407. The Morgan fingerprint density at radius 1 is 1.18 bits per heavy atom. The van der Waals surface area contributed by atoms with Gasteiger partial charge in [0.25, 0.3) is 0 Å². The van der Waals surface area contributed by atoms with Crippen LogP contribution in [0.5, 0.6) is 0 Å². The van der Waals surface area contributed by atoms with E-state index in [2.05, 4.69) is 10.6 Å². The van der Waals surface area contributed by atoms with Gasteiger partial charge in [0, 0.05) is 0 Å². The van der Waals surface area contributed by atoms with Crippen molar-refractivity contribution in [2.45, 2.75) is 58.6 Å². The van der Waals surface area contributed by atoms with Gasteiger partial charge in [-0.05, 0) is 32.4 Å². The number of nitrogens with one attached hydrogen (secondary N) is 2. The Morgan fingerprint density at radius 2 is 1.73 bits per heavy atom. The first-order valence-corrected chi connectivity index (χ1v) is 8.17. The second-order valence-corrected chi connectivity index (χ2v) is 7.43. The molecule has 0 heterocycles. The predicted molar refractivity (Wildman–Crippen MR) is 85.7 cm³/mol. The number of carboxylic acid groups (broad SMARTS) is 1. The smallest absolute Gasteiger partial charge is 0.408 e. The number of thioether (sulfide) groups is 1. The van der Waals surface area contributed by atoms with Crippen LogP contribution < -0.4 is 10.6 Å². The Balaban J connectivity index is 4.83. The lowest BCUT2D eigenvalue weighted by molar-refractivity contribution is -0.139.